The smallest absolute Gasteiger partial charge is 0.329 e. The SMILES string of the molecule is COc1ccc(/C=N\Nc2nc3c(c(=O)[nH]c(=O)n3C)n2Cc2cccc3ccccc23)cc1. The molecule has 5 aromatic rings. The molecule has 0 radical (unpaired) electrons. The fourth-order valence-electron chi connectivity index (χ4n) is 3.93. The topological polar surface area (TPSA) is 106 Å². The Hall–Kier alpha value is -4.66. The van der Waals surface area contributed by atoms with Gasteiger partial charge in [0.05, 0.1) is 19.9 Å². The Morgan fingerprint density at radius 3 is 2.62 bits per heavy atom. The predicted octanol–water partition coefficient (Wildman–Crippen LogP) is 3.08. The highest BCUT2D eigenvalue weighted by molar-refractivity contribution is 5.86. The molecule has 3 aromatic carbocycles. The lowest BCUT2D eigenvalue weighted by Gasteiger charge is -2.11. The summed E-state index contributed by atoms with van der Waals surface area (Å²) in [7, 11) is 3.18. The molecule has 0 bridgehead atoms. The van der Waals surface area contributed by atoms with Crippen LogP contribution in [0.2, 0.25) is 0 Å². The average Bonchev–Trinajstić information content (AvgIpc) is 3.22. The zero-order valence-corrected chi connectivity index (χ0v) is 18.6. The Labute approximate surface area is 194 Å². The molecule has 9 nitrogen and oxygen atoms in total. The third-order valence-corrected chi connectivity index (χ3v) is 5.71. The summed E-state index contributed by atoms with van der Waals surface area (Å²) in [5, 5.41) is 6.48. The Balaban J connectivity index is 1.59. The van der Waals surface area contributed by atoms with Gasteiger partial charge in [-0.25, -0.2) is 10.2 Å². The molecule has 0 amide bonds. The molecule has 0 unspecified atom stereocenters. The summed E-state index contributed by atoms with van der Waals surface area (Å²) >= 11 is 0. The van der Waals surface area contributed by atoms with Crippen LogP contribution in [-0.4, -0.2) is 32.4 Å². The van der Waals surface area contributed by atoms with Crippen molar-refractivity contribution in [1.82, 2.24) is 19.1 Å². The largest absolute Gasteiger partial charge is 0.497 e. The highest BCUT2D eigenvalue weighted by Crippen LogP contribution is 2.23. The molecule has 0 aliphatic rings. The lowest BCUT2D eigenvalue weighted by molar-refractivity contribution is 0.415. The van der Waals surface area contributed by atoms with Crippen molar-refractivity contribution in [2.45, 2.75) is 6.54 Å². The lowest BCUT2D eigenvalue weighted by atomic mass is 10.0. The van der Waals surface area contributed by atoms with E-state index in [4.69, 9.17) is 4.74 Å². The molecule has 2 aromatic heterocycles. The summed E-state index contributed by atoms with van der Waals surface area (Å²) in [6.45, 7) is 0.361. The summed E-state index contributed by atoms with van der Waals surface area (Å²) < 4.78 is 8.23. The number of hydrogen-bond acceptors (Lipinski definition) is 6. The number of H-pyrrole nitrogens is 1. The lowest BCUT2D eigenvalue weighted by Crippen LogP contribution is -2.29. The van der Waals surface area contributed by atoms with Gasteiger partial charge < -0.3 is 4.74 Å². The normalized spacial score (nSPS) is 11.5. The minimum absolute atomic E-state index is 0.274. The number of anilines is 1. The van der Waals surface area contributed by atoms with E-state index in [0.717, 1.165) is 27.6 Å². The number of aromatic amines is 1. The Bertz CT molecular complexity index is 1640. The van der Waals surface area contributed by atoms with Crippen molar-refractivity contribution in [2.24, 2.45) is 12.1 Å². The van der Waals surface area contributed by atoms with Crippen LogP contribution in [0.4, 0.5) is 5.95 Å². The van der Waals surface area contributed by atoms with Gasteiger partial charge in [-0.1, -0.05) is 42.5 Å². The van der Waals surface area contributed by atoms with Gasteiger partial charge in [0.2, 0.25) is 5.95 Å². The maximum absolute atomic E-state index is 12.8. The van der Waals surface area contributed by atoms with Crippen LogP contribution >= 0.6 is 0 Å². The van der Waals surface area contributed by atoms with Gasteiger partial charge in [-0.05, 0) is 46.2 Å². The third-order valence-electron chi connectivity index (χ3n) is 5.71. The van der Waals surface area contributed by atoms with E-state index in [0.29, 0.717) is 12.5 Å². The van der Waals surface area contributed by atoms with E-state index in [1.807, 2.05) is 66.7 Å². The van der Waals surface area contributed by atoms with E-state index in [2.05, 4.69) is 20.5 Å². The molecule has 170 valence electrons. The second kappa shape index (κ2) is 8.70. The second-order valence-electron chi connectivity index (χ2n) is 7.79. The van der Waals surface area contributed by atoms with Crippen molar-refractivity contribution in [3.63, 3.8) is 0 Å². The second-order valence-corrected chi connectivity index (χ2v) is 7.79. The van der Waals surface area contributed by atoms with Gasteiger partial charge in [-0.2, -0.15) is 10.1 Å². The van der Waals surface area contributed by atoms with Crippen LogP contribution in [0.3, 0.4) is 0 Å². The van der Waals surface area contributed by atoms with Gasteiger partial charge in [0.25, 0.3) is 5.56 Å². The summed E-state index contributed by atoms with van der Waals surface area (Å²) in [6.07, 6.45) is 1.64. The first-order valence-corrected chi connectivity index (χ1v) is 10.6. The molecule has 5 rings (SSSR count). The van der Waals surface area contributed by atoms with E-state index < -0.39 is 11.2 Å². The minimum atomic E-state index is -0.527. The molecule has 34 heavy (non-hydrogen) atoms. The number of fused-ring (bicyclic) bond motifs is 2. The summed E-state index contributed by atoms with van der Waals surface area (Å²) in [4.78, 5) is 31.8. The zero-order valence-electron chi connectivity index (χ0n) is 18.6. The molecule has 9 heteroatoms. The number of rotatable bonds is 6. The van der Waals surface area contributed by atoms with E-state index in [1.54, 1.807) is 24.9 Å². The highest BCUT2D eigenvalue weighted by Gasteiger charge is 2.18. The monoisotopic (exact) mass is 454 g/mol. The van der Waals surface area contributed by atoms with Gasteiger partial charge in [0.15, 0.2) is 11.2 Å². The summed E-state index contributed by atoms with van der Waals surface area (Å²) in [5.74, 6) is 1.10. The fraction of sp³-hybridized carbons (Fsp3) is 0.120. The first kappa shape index (κ1) is 21.2. The number of nitrogens with one attached hydrogen (secondary N) is 2. The summed E-state index contributed by atoms with van der Waals surface area (Å²) in [6, 6.07) is 21.5. The number of hydrazone groups is 1. The van der Waals surface area contributed by atoms with Crippen LogP contribution in [0.15, 0.2) is 81.4 Å². The number of benzene rings is 3. The Morgan fingerprint density at radius 1 is 1.06 bits per heavy atom. The molecule has 0 fully saturated rings. The molecule has 0 saturated heterocycles. The fourth-order valence-corrected chi connectivity index (χ4v) is 3.93. The summed E-state index contributed by atoms with van der Waals surface area (Å²) in [5.41, 5.74) is 4.34. The predicted molar refractivity (Wildman–Crippen MR) is 133 cm³/mol. The number of ether oxygens (including phenoxy) is 1. The molecule has 0 aliphatic carbocycles. The van der Waals surface area contributed by atoms with Crippen molar-refractivity contribution >= 4 is 34.1 Å². The van der Waals surface area contributed by atoms with Gasteiger partial charge in [0, 0.05) is 7.05 Å². The van der Waals surface area contributed by atoms with Crippen molar-refractivity contribution in [3.8, 4) is 5.75 Å². The zero-order chi connectivity index (χ0) is 23.7. The third kappa shape index (κ3) is 3.83. The van der Waals surface area contributed by atoms with Crippen LogP contribution in [0.25, 0.3) is 21.9 Å². The van der Waals surface area contributed by atoms with Crippen molar-refractivity contribution in [2.75, 3.05) is 12.5 Å². The molecule has 0 atom stereocenters. The molecule has 2 heterocycles. The molecule has 0 saturated carbocycles. The van der Waals surface area contributed by atoms with Gasteiger partial charge in [-0.3, -0.25) is 18.9 Å². The maximum atomic E-state index is 12.8. The number of nitrogens with zero attached hydrogens (tertiary/aromatic N) is 4. The minimum Gasteiger partial charge on any atom is -0.497 e. The number of aryl methyl sites for hydroxylation is 1. The van der Waals surface area contributed by atoms with Crippen LogP contribution in [0.5, 0.6) is 5.75 Å². The Kier molecular flexibility index (Phi) is 5.43. The van der Waals surface area contributed by atoms with Crippen molar-refractivity contribution < 1.29 is 4.74 Å². The number of imidazole rings is 1. The van der Waals surface area contributed by atoms with Crippen LogP contribution < -0.4 is 21.4 Å². The first-order chi connectivity index (χ1) is 16.5. The maximum Gasteiger partial charge on any atom is 0.329 e. The molecular formula is C25H22N6O3. The quantitative estimate of drug-likeness (QED) is 0.303. The van der Waals surface area contributed by atoms with E-state index >= 15 is 0 Å². The average molecular weight is 454 g/mol. The number of aromatic nitrogens is 4. The molecule has 0 aliphatic heterocycles. The van der Waals surface area contributed by atoms with E-state index in [-0.39, 0.29) is 11.2 Å². The molecule has 2 N–H and O–H groups in total. The number of methoxy groups -OCH3 is 1. The van der Waals surface area contributed by atoms with Gasteiger partial charge in [-0.15, -0.1) is 0 Å². The van der Waals surface area contributed by atoms with Crippen LogP contribution in [0, 0.1) is 0 Å². The number of hydrogen-bond donors (Lipinski definition) is 2. The van der Waals surface area contributed by atoms with Crippen molar-refractivity contribution in [3.05, 3.63) is 98.7 Å². The van der Waals surface area contributed by atoms with E-state index in [1.165, 1.54) is 4.57 Å². The molecular weight excluding hydrogens is 432 g/mol. The highest BCUT2D eigenvalue weighted by atomic mass is 16.5. The van der Waals surface area contributed by atoms with Crippen LogP contribution in [-0.2, 0) is 13.6 Å². The first-order valence-electron chi connectivity index (χ1n) is 10.6. The van der Waals surface area contributed by atoms with E-state index in [9.17, 15) is 9.59 Å². The van der Waals surface area contributed by atoms with Crippen LogP contribution in [0.1, 0.15) is 11.1 Å². The Morgan fingerprint density at radius 2 is 1.82 bits per heavy atom. The van der Waals surface area contributed by atoms with Gasteiger partial charge >= 0.3 is 5.69 Å². The standard InChI is InChI=1S/C25H22N6O3/c1-30-22-21(23(32)28-25(30)33)31(15-18-8-5-7-17-6-3-4-9-20(17)18)24(27-22)29-26-14-16-10-12-19(34-2)13-11-16/h3-14H,15H2,1-2H3,(H,27,29)(H,28,32,33)/b26-14-. The van der Waals surface area contributed by atoms with Gasteiger partial charge in [0.1, 0.15) is 5.75 Å². The molecule has 0 spiro atoms. The van der Waals surface area contributed by atoms with Crippen molar-refractivity contribution in [1.29, 1.82) is 0 Å².